The fourth-order valence-electron chi connectivity index (χ4n) is 1.44. The molecule has 7 heteroatoms. The van der Waals surface area contributed by atoms with E-state index in [1.807, 2.05) is 12.1 Å². The van der Waals surface area contributed by atoms with Crippen LogP contribution in [0.2, 0.25) is 0 Å². The lowest BCUT2D eigenvalue weighted by atomic mass is 10.4. The molecule has 2 aromatic rings. The zero-order valence-corrected chi connectivity index (χ0v) is 11.8. The molecule has 0 spiro atoms. The Morgan fingerprint density at radius 1 is 1.16 bits per heavy atom. The predicted molar refractivity (Wildman–Crippen MR) is 75.7 cm³/mol. The van der Waals surface area contributed by atoms with Crippen molar-refractivity contribution in [3.8, 4) is 0 Å². The molecule has 1 aromatic carbocycles. The molecule has 0 saturated heterocycles. The largest absolute Gasteiger partial charge is 0.308 e. The number of hydrazine groups is 1. The number of nitrogens with two attached hydrogens (primary N) is 1. The number of pyridine rings is 1. The monoisotopic (exact) mass is 295 g/mol. The first-order chi connectivity index (χ1) is 8.99. The molecular weight excluding hydrogens is 282 g/mol. The highest BCUT2D eigenvalue weighted by atomic mass is 32.2. The first-order valence-electron chi connectivity index (χ1n) is 5.40. The van der Waals surface area contributed by atoms with Crippen LogP contribution >= 0.6 is 11.8 Å². The number of anilines is 1. The molecule has 0 aliphatic heterocycles. The molecule has 0 unspecified atom stereocenters. The van der Waals surface area contributed by atoms with E-state index in [1.54, 1.807) is 30.5 Å². The summed E-state index contributed by atoms with van der Waals surface area (Å²) in [7, 11) is -3.15. The summed E-state index contributed by atoms with van der Waals surface area (Å²) in [6.07, 6.45) is 2.85. The van der Waals surface area contributed by atoms with Crippen molar-refractivity contribution in [3.63, 3.8) is 0 Å². The van der Waals surface area contributed by atoms with Crippen molar-refractivity contribution in [2.75, 3.05) is 11.7 Å². The average molecular weight is 295 g/mol. The Bertz CT molecular complexity index is 670. The van der Waals surface area contributed by atoms with E-state index in [9.17, 15) is 8.42 Å². The van der Waals surface area contributed by atoms with E-state index in [1.165, 1.54) is 18.0 Å². The van der Waals surface area contributed by atoms with Crippen LogP contribution in [-0.4, -0.2) is 19.7 Å². The normalized spacial score (nSPS) is 11.3. The van der Waals surface area contributed by atoms with Crippen molar-refractivity contribution >= 4 is 27.4 Å². The Hall–Kier alpha value is -1.57. The number of nitrogen functional groups attached to an aromatic ring is 1. The van der Waals surface area contributed by atoms with E-state index in [-0.39, 0.29) is 0 Å². The van der Waals surface area contributed by atoms with Crippen LogP contribution in [0.3, 0.4) is 0 Å². The van der Waals surface area contributed by atoms with Crippen LogP contribution < -0.4 is 11.3 Å². The van der Waals surface area contributed by atoms with Gasteiger partial charge in [0, 0.05) is 22.2 Å². The zero-order valence-electron chi connectivity index (χ0n) is 10.2. The van der Waals surface area contributed by atoms with Crippen molar-refractivity contribution in [2.45, 2.75) is 14.7 Å². The SMILES string of the molecule is CS(=O)(=O)c1ccc(Sc2ccnc(NN)c2)cc1. The summed E-state index contributed by atoms with van der Waals surface area (Å²) in [6.45, 7) is 0. The van der Waals surface area contributed by atoms with Gasteiger partial charge in [0.2, 0.25) is 0 Å². The molecule has 0 atom stereocenters. The van der Waals surface area contributed by atoms with E-state index >= 15 is 0 Å². The lowest BCUT2D eigenvalue weighted by Crippen LogP contribution is -2.07. The molecule has 0 fully saturated rings. The summed E-state index contributed by atoms with van der Waals surface area (Å²) in [5.74, 6) is 5.87. The van der Waals surface area contributed by atoms with Crippen molar-refractivity contribution in [1.29, 1.82) is 0 Å². The van der Waals surface area contributed by atoms with Crippen molar-refractivity contribution in [3.05, 3.63) is 42.6 Å². The molecule has 0 saturated carbocycles. The number of rotatable bonds is 4. The first-order valence-corrected chi connectivity index (χ1v) is 8.10. The number of nitrogens with one attached hydrogen (secondary N) is 1. The Kier molecular flexibility index (Phi) is 4.08. The van der Waals surface area contributed by atoms with Gasteiger partial charge in [0.15, 0.2) is 9.84 Å². The average Bonchev–Trinajstić information content (AvgIpc) is 2.38. The number of benzene rings is 1. The van der Waals surface area contributed by atoms with Crippen LogP contribution in [0.25, 0.3) is 0 Å². The quantitative estimate of drug-likeness (QED) is 0.662. The molecular formula is C12H13N3O2S2. The second-order valence-corrected chi connectivity index (χ2v) is 7.03. The van der Waals surface area contributed by atoms with Gasteiger partial charge in [0.1, 0.15) is 5.82 Å². The molecule has 0 amide bonds. The molecule has 1 aromatic heterocycles. The van der Waals surface area contributed by atoms with Gasteiger partial charge in [-0.15, -0.1) is 0 Å². The predicted octanol–water partition coefficient (Wildman–Crippen LogP) is 1.92. The topological polar surface area (TPSA) is 85.1 Å². The van der Waals surface area contributed by atoms with Gasteiger partial charge >= 0.3 is 0 Å². The van der Waals surface area contributed by atoms with Gasteiger partial charge in [-0.3, -0.25) is 0 Å². The highest BCUT2D eigenvalue weighted by Crippen LogP contribution is 2.29. The smallest absolute Gasteiger partial charge is 0.175 e. The molecule has 1 heterocycles. The molecule has 100 valence electrons. The van der Waals surface area contributed by atoms with Crippen molar-refractivity contribution < 1.29 is 8.42 Å². The van der Waals surface area contributed by atoms with Crippen molar-refractivity contribution in [1.82, 2.24) is 4.98 Å². The maximum atomic E-state index is 11.3. The van der Waals surface area contributed by atoms with Gasteiger partial charge in [-0.25, -0.2) is 19.2 Å². The summed E-state index contributed by atoms with van der Waals surface area (Å²) < 4.78 is 22.7. The molecule has 19 heavy (non-hydrogen) atoms. The maximum absolute atomic E-state index is 11.3. The van der Waals surface area contributed by atoms with Gasteiger partial charge in [0.05, 0.1) is 4.90 Å². The summed E-state index contributed by atoms with van der Waals surface area (Å²) in [5.41, 5.74) is 2.48. The van der Waals surface area contributed by atoms with Gasteiger partial charge < -0.3 is 5.43 Å². The van der Waals surface area contributed by atoms with E-state index < -0.39 is 9.84 Å². The van der Waals surface area contributed by atoms with Crippen LogP contribution in [0.5, 0.6) is 0 Å². The molecule has 0 aliphatic carbocycles. The summed E-state index contributed by atoms with van der Waals surface area (Å²) in [6, 6.07) is 10.4. The Balaban J connectivity index is 2.19. The van der Waals surface area contributed by atoms with Crippen LogP contribution in [-0.2, 0) is 9.84 Å². The van der Waals surface area contributed by atoms with E-state index in [0.29, 0.717) is 10.7 Å². The van der Waals surface area contributed by atoms with Crippen LogP contribution in [0.15, 0.2) is 57.3 Å². The Morgan fingerprint density at radius 2 is 1.84 bits per heavy atom. The Morgan fingerprint density at radius 3 is 2.42 bits per heavy atom. The minimum atomic E-state index is -3.15. The summed E-state index contributed by atoms with van der Waals surface area (Å²) in [4.78, 5) is 6.25. The molecule has 0 bridgehead atoms. The summed E-state index contributed by atoms with van der Waals surface area (Å²) in [5, 5.41) is 0. The number of nitrogens with zero attached hydrogens (tertiary/aromatic N) is 1. The first kappa shape index (κ1) is 13.9. The van der Waals surface area contributed by atoms with E-state index in [2.05, 4.69) is 10.4 Å². The minimum Gasteiger partial charge on any atom is -0.308 e. The fourth-order valence-corrected chi connectivity index (χ4v) is 2.92. The van der Waals surface area contributed by atoms with Crippen LogP contribution in [0.4, 0.5) is 5.82 Å². The third-order valence-corrected chi connectivity index (χ3v) is 4.49. The minimum absolute atomic E-state index is 0.316. The van der Waals surface area contributed by atoms with Gasteiger partial charge in [-0.05, 0) is 36.4 Å². The Labute approximate surface area is 116 Å². The third kappa shape index (κ3) is 3.69. The van der Waals surface area contributed by atoms with Crippen LogP contribution in [0.1, 0.15) is 0 Å². The second kappa shape index (κ2) is 5.60. The maximum Gasteiger partial charge on any atom is 0.175 e. The summed E-state index contributed by atoms with van der Waals surface area (Å²) >= 11 is 1.51. The lowest BCUT2D eigenvalue weighted by Gasteiger charge is -2.04. The number of sulfone groups is 1. The van der Waals surface area contributed by atoms with E-state index in [0.717, 1.165) is 9.79 Å². The van der Waals surface area contributed by atoms with Gasteiger partial charge in [-0.2, -0.15) is 0 Å². The zero-order chi connectivity index (χ0) is 13.9. The molecule has 3 N–H and O–H groups in total. The standard InChI is InChI=1S/C12H13N3O2S2/c1-19(16,17)11-4-2-9(3-5-11)18-10-6-7-14-12(8-10)15-13/h2-8H,13H2,1H3,(H,14,15). The number of hydrogen-bond donors (Lipinski definition) is 2. The van der Waals surface area contributed by atoms with Crippen molar-refractivity contribution in [2.24, 2.45) is 5.84 Å². The highest BCUT2D eigenvalue weighted by molar-refractivity contribution is 7.99. The molecule has 0 radical (unpaired) electrons. The molecule has 5 nitrogen and oxygen atoms in total. The van der Waals surface area contributed by atoms with Gasteiger partial charge in [-0.1, -0.05) is 11.8 Å². The third-order valence-electron chi connectivity index (χ3n) is 2.37. The number of aromatic nitrogens is 1. The van der Waals surface area contributed by atoms with Gasteiger partial charge in [0.25, 0.3) is 0 Å². The molecule has 2 rings (SSSR count). The highest BCUT2D eigenvalue weighted by Gasteiger charge is 2.06. The lowest BCUT2D eigenvalue weighted by molar-refractivity contribution is 0.602. The van der Waals surface area contributed by atoms with E-state index in [4.69, 9.17) is 5.84 Å². The number of hydrogen-bond acceptors (Lipinski definition) is 6. The molecule has 0 aliphatic rings. The fraction of sp³-hybridized carbons (Fsp3) is 0.0833. The second-order valence-electron chi connectivity index (χ2n) is 3.87. The van der Waals surface area contributed by atoms with Crippen LogP contribution in [0, 0.1) is 0 Å².